The van der Waals surface area contributed by atoms with E-state index in [1.54, 1.807) is 7.11 Å². The van der Waals surface area contributed by atoms with Crippen LogP contribution in [0.3, 0.4) is 0 Å². The summed E-state index contributed by atoms with van der Waals surface area (Å²) < 4.78 is 15.5. The van der Waals surface area contributed by atoms with Crippen LogP contribution in [-0.4, -0.2) is 54.4 Å². The summed E-state index contributed by atoms with van der Waals surface area (Å²) in [6, 6.07) is 9.38. The molecule has 0 atom stereocenters. The minimum Gasteiger partial charge on any atom is -0.382 e. The number of piperidine rings is 1. The third kappa shape index (κ3) is 4.64. The van der Waals surface area contributed by atoms with Crippen LogP contribution in [0, 0.1) is 0 Å². The summed E-state index contributed by atoms with van der Waals surface area (Å²) in [6.07, 6.45) is 1.67. The predicted octanol–water partition coefficient (Wildman–Crippen LogP) is 2.25. The van der Waals surface area contributed by atoms with E-state index in [1.165, 1.54) is 0 Å². The first-order valence-corrected chi connectivity index (χ1v) is 8.51. The zero-order chi connectivity index (χ0) is 17.5. The minimum absolute atomic E-state index is 0.0828. The van der Waals surface area contributed by atoms with Gasteiger partial charge in [0.2, 0.25) is 0 Å². The van der Waals surface area contributed by atoms with Crippen molar-refractivity contribution in [1.29, 1.82) is 0 Å². The normalized spacial score (nSPS) is 15.5. The van der Waals surface area contributed by atoms with E-state index in [2.05, 4.69) is 10.1 Å². The molecule has 2 aromatic rings. The van der Waals surface area contributed by atoms with Gasteiger partial charge in [-0.3, -0.25) is 4.79 Å². The second-order valence-corrected chi connectivity index (χ2v) is 6.02. The summed E-state index contributed by atoms with van der Waals surface area (Å²) in [6.45, 7) is 2.73. The fraction of sp³-hybridized carbons (Fsp3) is 0.500. The number of hydrogen-bond acceptors (Lipinski definition) is 6. The molecule has 0 spiro atoms. The molecule has 1 amide bonds. The largest absolute Gasteiger partial charge is 0.382 e. The summed E-state index contributed by atoms with van der Waals surface area (Å²) in [5.74, 6) is 1.49. The number of carbonyl (C=O) groups is 1. The van der Waals surface area contributed by atoms with Gasteiger partial charge in [-0.1, -0.05) is 23.4 Å². The van der Waals surface area contributed by atoms with E-state index < -0.39 is 0 Å². The van der Waals surface area contributed by atoms with Crippen molar-refractivity contribution in [3.63, 3.8) is 0 Å². The maximum Gasteiger partial charge on any atom is 0.253 e. The Morgan fingerprint density at radius 2 is 2.00 bits per heavy atom. The van der Waals surface area contributed by atoms with Crippen LogP contribution >= 0.6 is 0 Å². The summed E-state index contributed by atoms with van der Waals surface area (Å²) in [7, 11) is 1.63. The highest BCUT2D eigenvalue weighted by molar-refractivity contribution is 5.94. The van der Waals surface area contributed by atoms with Gasteiger partial charge in [0.1, 0.15) is 6.61 Å². The van der Waals surface area contributed by atoms with Crippen LogP contribution in [0.1, 0.15) is 40.8 Å². The maximum atomic E-state index is 12.5. The van der Waals surface area contributed by atoms with Crippen molar-refractivity contribution in [3.05, 3.63) is 47.6 Å². The van der Waals surface area contributed by atoms with Crippen molar-refractivity contribution in [2.75, 3.05) is 33.4 Å². The zero-order valence-electron chi connectivity index (χ0n) is 14.4. The van der Waals surface area contributed by atoms with E-state index in [0.717, 1.165) is 18.4 Å². The van der Waals surface area contributed by atoms with E-state index in [4.69, 9.17) is 14.0 Å². The van der Waals surface area contributed by atoms with Gasteiger partial charge in [0.05, 0.1) is 13.2 Å². The first-order valence-electron chi connectivity index (χ1n) is 8.51. The molecule has 25 heavy (non-hydrogen) atoms. The number of methoxy groups -OCH3 is 1. The number of nitrogens with zero attached hydrogens (tertiary/aromatic N) is 3. The molecule has 134 valence electrons. The fourth-order valence-electron chi connectivity index (χ4n) is 2.90. The standard InChI is InChI=1S/C18H23N3O4/c1-23-11-12-24-13-16-19-17(20-25-16)14-7-9-21(10-8-14)18(22)15-5-3-2-4-6-15/h2-6,14H,7-13H2,1H3. The lowest BCUT2D eigenvalue weighted by Gasteiger charge is -2.30. The van der Waals surface area contributed by atoms with Gasteiger partial charge in [0.15, 0.2) is 5.82 Å². The van der Waals surface area contributed by atoms with Gasteiger partial charge in [0, 0.05) is 31.7 Å². The number of benzene rings is 1. The lowest BCUT2D eigenvalue weighted by atomic mass is 9.95. The van der Waals surface area contributed by atoms with Crippen LogP contribution in [0.25, 0.3) is 0 Å². The Hall–Kier alpha value is -2.25. The molecular formula is C18H23N3O4. The van der Waals surface area contributed by atoms with Crippen molar-refractivity contribution < 1.29 is 18.8 Å². The van der Waals surface area contributed by atoms with E-state index in [-0.39, 0.29) is 11.8 Å². The van der Waals surface area contributed by atoms with Crippen molar-refractivity contribution in [1.82, 2.24) is 15.0 Å². The molecule has 0 N–H and O–H groups in total. The fourth-order valence-corrected chi connectivity index (χ4v) is 2.90. The molecule has 1 aromatic carbocycles. The van der Waals surface area contributed by atoms with E-state index in [0.29, 0.717) is 44.6 Å². The number of ether oxygens (including phenoxy) is 2. The number of likely N-dealkylation sites (tertiary alicyclic amines) is 1. The summed E-state index contributed by atoms with van der Waals surface area (Å²) in [5.41, 5.74) is 0.732. The average Bonchev–Trinajstić information content (AvgIpc) is 3.14. The molecule has 0 bridgehead atoms. The average molecular weight is 345 g/mol. The number of carbonyl (C=O) groups excluding carboxylic acids is 1. The minimum atomic E-state index is 0.0828. The number of hydrogen-bond donors (Lipinski definition) is 0. The Bertz CT molecular complexity index is 666. The highest BCUT2D eigenvalue weighted by Crippen LogP contribution is 2.26. The second kappa shape index (κ2) is 8.73. The number of rotatable bonds is 7. The number of amides is 1. The van der Waals surface area contributed by atoms with Crippen molar-refractivity contribution in [2.24, 2.45) is 0 Å². The van der Waals surface area contributed by atoms with Gasteiger partial charge in [-0.25, -0.2) is 0 Å². The third-order valence-electron chi connectivity index (χ3n) is 4.31. The third-order valence-corrected chi connectivity index (χ3v) is 4.31. The molecule has 1 fully saturated rings. The number of aromatic nitrogens is 2. The van der Waals surface area contributed by atoms with E-state index in [9.17, 15) is 4.79 Å². The summed E-state index contributed by atoms with van der Waals surface area (Å²) >= 11 is 0. The van der Waals surface area contributed by atoms with Gasteiger partial charge in [-0.15, -0.1) is 0 Å². The Labute approximate surface area is 146 Å². The van der Waals surface area contributed by atoms with E-state index >= 15 is 0 Å². The summed E-state index contributed by atoms with van der Waals surface area (Å²) in [4.78, 5) is 18.8. The molecular weight excluding hydrogens is 322 g/mol. The molecule has 1 aliphatic rings. The van der Waals surface area contributed by atoms with Gasteiger partial charge in [-0.05, 0) is 25.0 Å². The summed E-state index contributed by atoms with van der Waals surface area (Å²) in [5, 5.41) is 4.07. The molecule has 1 aliphatic heterocycles. The van der Waals surface area contributed by atoms with Crippen LogP contribution < -0.4 is 0 Å². The van der Waals surface area contributed by atoms with Crippen molar-refractivity contribution >= 4 is 5.91 Å². The topological polar surface area (TPSA) is 77.7 Å². The molecule has 7 heteroatoms. The van der Waals surface area contributed by atoms with Crippen LogP contribution in [0.4, 0.5) is 0 Å². The lowest BCUT2D eigenvalue weighted by Crippen LogP contribution is -2.38. The molecule has 1 aromatic heterocycles. The Morgan fingerprint density at radius 3 is 2.72 bits per heavy atom. The first-order chi connectivity index (χ1) is 12.3. The molecule has 0 saturated carbocycles. The SMILES string of the molecule is COCCOCc1nc(C2CCN(C(=O)c3ccccc3)CC2)no1. The molecule has 0 aliphatic carbocycles. The van der Waals surface area contributed by atoms with Crippen LogP contribution in [-0.2, 0) is 16.1 Å². The first kappa shape index (κ1) is 17.6. The zero-order valence-corrected chi connectivity index (χ0v) is 14.4. The highest BCUT2D eigenvalue weighted by atomic mass is 16.5. The highest BCUT2D eigenvalue weighted by Gasteiger charge is 2.27. The molecule has 3 rings (SSSR count). The quantitative estimate of drug-likeness (QED) is 0.716. The molecule has 0 unspecified atom stereocenters. The van der Waals surface area contributed by atoms with Gasteiger partial charge in [-0.2, -0.15) is 4.98 Å². The Balaban J connectivity index is 1.49. The van der Waals surface area contributed by atoms with Crippen LogP contribution in [0.2, 0.25) is 0 Å². The Kier molecular flexibility index (Phi) is 6.14. The molecule has 0 radical (unpaired) electrons. The lowest BCUT2D eigenvalue weighted by molar-refractivity contribution is 0.0494. The Morgan fingerprint density at radius 1 is 1.24 bits per heavy atom. The van der Waals surface area contributed by atoms with Gasteiger partial charge >= 0.3 is 0 Å². The molecule has 7 nitrogen and oxygen atoms in total. The van der Waals surface area contributed by atoms with Crippen molar-refractivity contribution in [3.8, 4) is 0 Å². The monoisotopic (exact) mass is 345 g/mol. The van der Waals surface area contributed by atoms with Crippen LogP contribution in [0.15, 0.2) is 34.9 Å². The second-order valence-electron chi connectivity index (χ2n) is 6.02. The molecule has 1 saturated heterocycles. The van der Waals surface area contributed by atoms with Gasteiger partial charge in [0.25, 0.3) is 11.8 Å². The predicted molar refractivity (Wildman–Crippen MR) is 90.2 cm³/mol. The smallest absolute Gasteiger partial charge is 0.253 e. The molecule has 2 heterocycles. The van der Waals surface area contributed by atoms with Gasteiger partial charge < -0.3 is 18.9 Å². The maximum absolute atomic E-state index is 12.5. The van der Waals surface area contributed by atoms with E-state index in [1.807, 2.05) is 35.2 Å². The van der Waals surface area contributed by atoms with Crippen LogP contribution in [0.5, 0.6) is 0 Å². The van der Waals surface area contributed by atoms with Crippen molar-refractivity contribution in [2.45, 2.75) is 25.4 Å².